The van der Waals surface area contributed by atoms with Crippen LogP contribution in [0.5, 0.6) is 0 Å². The zero-order chi connectivity index (χ0) is 15.6. The maximum atomic E-state index is 12.9. The molecule has 6 heteroatoms. The van der Waals surface area contributed by atoms with Gasteiger partial charge in [0.15, 0.2) is 0 Å². The Labute approximate surface area is 123 Å². The van der Waals surface area contributed by atoms with Crippen LogP contribution in [0.2, 0.25) is 0 Å². The molecule has 1 fully saturated rings. The fraction of sp³-hybridized carbons (Fsp3) is 0.467. The molecule has 0 radical (unpaired) electrons. The lowest BCUT2D eigenvalue weighted by molar-refractivity contribution is -0.145. The number of likely N-dealkylation sites (tertiary alicyclic amines) is 1. The van der Waals surface area contributed by atoms with Crippen LogP contribution in [-0.2, 0) is 4.79 Å². The Kier molecular flexibility index (Phi) is 4.45. The van der Waals surface area contributed by atoms with Crippen molar-refractivity contribution in [1.29, 1.82) is 0 Å². The van der Waals surface area contributed by atoms with Crippen molar-refractivity contribution < 1.29 is 19.1 Å². The molecule has 5 nitrogen and oxygen atoms in total. The molecule has 0 saturated carbocycles. The Hall–Kier alpha value is -2.11. The van der Waals surface area contributed by atoms with Crippen molar-refractivity contribution in [3.05, 3.63) is 30.1 Å². The number of carbonyl (C=O) groups is 2. The first-order valence-corrected chi connectivity index (χ1v) is 6.94. The third-order valence-corrected chi connectivity index (χ3v) is 3.93. The number of nitrogens with zero attached hydrogens (tertiary/aromatic N) is 2. The van der Waals surface area contributed by atoms with E-state index in [1.807, 2.05) is 6.92 Å². The van der Waals surface area contributed by atoms with Crippen molar-refractivity contribution >= 4 is 17.7 Å². The maximum absolute atomic E-state index is 12.9. The third kappa shape index (κ3) is 3.15. The number of carboxylic acids is 1. The van der Waals surface area contributed by atoms with Crippen LogP contribution in [0.15, 0.2) is 24.3 Å². The number of piperidine rings is 1. The number of anilines is 1. The van der Waals surface area contributed by atoms with E-state index in [1.54, 1.807) is 7.05 Å². The second kappa shape index (κ2) is 6.11. The summed E-state index contributed by atoms with van der Waals surface area (Å²) in [4.78, 5) is 26.7. The lowest BCUT2D eigenvalue weighted by Crippen LogP contribution is -2.55. The summed E-state index contributed by atoms with van der Waals surface area (Å²) in [6.45, 7) is 2.27. The van der Waals surface area contributed by atoms with Crippen LogP contribution in [0.4, 0.5) is 14.9 Å². The molecule has 2 atom stereocenters. The molecule has 1 saturated heterocycles. The van der Waals surface area contributed by atoms with Crippen LogP contribution >= 0.6 is 0 Å². The predicted molar refractivity (Wildman–Crippen MR) is 76.7 cm³/mol. The Morgan fingerprint density at radius 3 is 2.52 bits per heavy atom. The molecule has 2 rings (SSSR count). The second-order valence-electron chi connectivity index (χ2n) is 5.41. The number of aliphatic carboxylic acids is 1. The molecule has 114 valence electrons. The minimum Gasteiger partial charge on any atom is -0.480 e. The highest BCUT2D eigenvalue weighted by Gasteiger charge is 2.38. The van der Waals surface area contributed by atoms with Gasteiger partial charge in [0.2, 0.25) is 0 Å². The molecule has 2 unspecified atom stereocenters. The van der Waals surface area contributed by atoms with Gasteiger partial charge in [-0.15, -0.1) is 0 Å². The van der Waals surface area contributed by atoms with Crippen LogP contribution in [0.25, 0.3) is 0 Å². The molecule has 1 aromatic carbocycles. The second-order valence-corrected chi connectivity index (χ2v) is 5.41. The molecule has 0 aliphatic carbocycles. The number of carbonyl (C=O) groups excluding carboxylic acids is 1. The highest BCUT2D eigenvalue weighted by molar-refractivity contribution is 5.94. The molecule has 0 aromatic heterocycles. The standard InChI is InChI=1S/C15H19FN2O3/c1-10-4-3-9-18(13(10)14(19)20)15(21)17(2)12-7-5-11(16)6-8-12/h5-8,10,13H,3-4,9H2,1-2H3,(H,19,20). The molecule has 0 bridgehead atoms. The van der Waals surface area contributed by atoms with Crippen molar-refractivity contribution in [2.24, 2.45) is 5.92 Å². The van der Waals surface area contributed by atoms with E-state index in [4.69, 9.17) is 0 Å². The van der Waals surface area contributed by atoms with Gasteiger partial charge in [-0.1, -0.05) is 6.92 Å². The van der Waals surface area contributed by atoms with Gasteiger partial charge in [-0.25, -0.2) is 14.0 Å². The molecule has 1 aliphatic rings. The Bertz CT molecular complexity index is 532. The monoisotopic (exact) mass is 294 g/mol. The zero-order valence-corrected chi connectivity index (χ0v) is 12.1. The third-order valence-electron chi connectivity index (χ3n) is 3.93. The Balaban J connectivity index is 2.20. The van der Waals surface area contributed by atoms with E-state index < -0.39 is 12.0 Å². The number of carboxylic acid groups (broad SMARTS) is 1. The molecule has 1 N–H and O–H groups in total. The topological polar surface area (TPSA) is 60.9 Å². The molecule has 1 aliphatic heterocycles. The summed E-state index contributed by atoms with van der Waals surface area (Å²) in [5.74, 6) is -1.44. The molecule has 2 amide bonds. The van der Waals surface area contributed by atoms with E-state index in [9.17, 15) is 19.1 Å². The van der Waals surface area contributed by atoms with Gasteiger partial charge in [-0.3, -0.25) is 4.90 Å². The van der Waals surface area contributed by atoms with Crippen LogP contribution in [0, 0.1) is 11.7 Å². The van der Waals surface area contributed by atoms with Crippen molar-refractivity contribution in [2.45, 2.75) is 25.8 Å². The quantitative estimate of drug-likeness (QED) is 0.912. The van der Waals surface area contributed by atoms with Crippen molar-refractivity contribution in [1.82, 2.24) is 4.90 Å². The van der Waals surface area contributed by atoms with Crippen LogP contribution in [-0.4, -0.2) is 41.6 Å². The van der Waals surface area contributed by atoms with E-state index in [0.717, 1.165) is 12.8 Å². The number of hydrogen-bond donors (Lipinski definition) is 1. The Morgan fingerprint density at radius 1 is 1.33 bits per heavy atom. The summed E-state index contributed by atoms with van der Waals surface area (Å²) >= 11 is 0. The van der Waals surface area contributed by atoms with Crippen LogP contribution in [0.1, 0.15) is 19.8 Å². The zero-order valence-electron chi connectivity index (χ0n) is 12.1. The molecular formula is C15H19FN2O3. The first-order chi connectivity index (χ1) is 9.91. The van der Waals surface area contributed by atoms with Gasteiger partial charge in [0, 0.05) is 19.3 Å². The van der Waals surface area contributed by atoms with Gasteiger partial charge >= 0.3 is 12.0 Å². The fourth-order valence-electron chi connectivity index (χ4n) is 2.75. The summed E-state index contributed by atoms with van der Waals surface area (Å²) < 4.78 is 12.9. The summed E-state index contributed by atoms with van der Waals surface area (Å²) in [5.41, 5.74) is 0.531. The average molecular weight is 294 g/mol. The number of rotatable bonds is 2. The van der Waals surface area contributed by atoms with Gasteiger partial charge in [-0.2, -0.15) is 0 Å². The smallest absolute Gasteiger partial charge is 0.326 e. The minimum atomic E-state index is -0.983. The van der Waals surface area contributed by atoms with Gasteiger partial charge in [0.1, 0.15) is 11.9 Å². The first-order valence-electron chi connectivity index (χ1n) is 6.94. The number of hydrogen-bond acceptors (Lipinski definition) is 2. The number of benzene rings is 1. The number of amides is 2. The van der Waals surface area contributed by atoms with Crippen molar-refractivity contribution in [3.63, 3.8) is 0 Å². The van der Waals surface area contributed by atoms with Gasteiger partial charge < -0.3 is 10.0 Å². The minimum absolute atomic E-state index is 0.0817. The predicted octanol–water partition coefficient (Wildman–Crippen LogP) is 2.57. The molecule has 1 heterocycles. The Morgan fingerprint density at radius 2 is 1.95 bits per heavy atom. The number of urea groups is 1. The SMILES string of the molecule is CC1CCCN(C(=O)N(C)c2ccc(F)cc2)C1C(=O)O. The summed E-state index contributed by atoms with van der Waals surface area (Å²) in [6, 6.07) is 4.35. The highest BCUT2D eigenvalue weighted by Crippen LogP contribution is 2.26. The van der Waals surface area contributed by atoms with Gasteiger partial charge in [0.25, 0.3) is 0 Å². The number of halogens is 1. The van der Waals surface area contributed by atoms with Gasteiger partial charge in [0.05, 0.1) is 0 Å². The fourth-order valence-corrected chi connectivity index (χ4v) is 2.75. The van der Waals surface area contributed by atoms with Crippen molar-refractivity contribution in [3.8, 4) is 0 Å². The summed E-state index contributed by atoms with van der Waals surface area (Å²) in [7, 11) is 1.56. The van der Waals surface area contributed by atoms with Crippen molar-refractivity contribution in [2.75, 3.05) is 18.5 Å². The lowest BCUT2D eigenvalue weighted by Gasteiger charge is -2.39. The highest BCUT2D eigenvalue weighted by atomic mass is 19.1. The summed E-state index contributed by atoms with van der Waals surface area (Å²) in [5, 5.41) is 9.35. The van der Waals surface area contributed by atoms with Gasteiger partial charge in [-0.05, 0) is 43.0 Å². The molecule has 1 aromatic rings. The first kappa shape index (κ1) is 15.3. The molecular weight excluding hydrogens is 275 g/mol. The van der Waals surface area contributed by atoms with Crippen LogP contribution in [0.3, 0.4) is 0 Å². The summed E-state index contributed by atoms with van der Waals surface area (Å²) in [6.07, 6.45) is 1.58. The molecule has 21 heavy (non-hydrogen) atoms. The lowest BCUT2D eigenvalue weighted by atomic mass is 9.91. The van der Waals surface area contributed by atoms with E-state index in [1.165, 1.54) is 34.1 Å². The largest absolute Gasteiger partial charge is 0.480 e. The average Bonchev–Trinajstić information content (AvgIpc) is 2.46. The van der Waals surface area contributed by atoms with E-state index in [0.29, 0.717) is 12.2 Å². The molecule has 0 spiro atoms. The normalized spacial score (nSPS) is 22.0. The van der Waals surface area contributed by atoms with E-state index >= 15 is 0 Å². The van der Waals surface area contributed by atoms with E-state index in [2.05, 4.69) is 0 Å². The van der Waals surface area contributed by atoms with E-state index in [-0.39, 0.29) is 17.8 Å². The maximum Gasteiger partial charge on any atom is 0.326 e. The van der Waals surface area contributed by atoms with Crippen LogP contribution < -0.4 is 4.90 Å².